The number of amides is 1. The van der Waals surface area contributed by atoms with Gasteiger partial charge in [0.25, 0.3) is 5.91 Å². The highest BCUT2D eigenvalue weighted by atomic mass is 35.5. The number of halogens is 2. The zero-order valence-electron chi connectivity index (χ0n) is 15.7. The Balaban J connectivity index is 1.57. The largest absolute Gasteiger partial charge is 0.483 e. The maximum absolute atomic E-state index is 13.9. The monoisotopic (exact) mass is 404 g/mol. The first-order valence-corrected chi connectivity index (χ1v) is 9.60. The van der Waals surface area contributed by atoms with Gasteiger partial charge in [0.15, 0.2) is 12.4 Å². The van der Waals surface area contributed by atoms with Crippen LogP contribution in [0.3, 0.4) is 0 Å². The summed E-state index contributed by atoms with van der Waals surface area (Å²) in [6.45, 7) is 3.66. The first-order valence-electron chi connectivity index (χ1n) is 9.22. The number of anilines is 1. The average molecular weight is 405 g/mol. The van der Waals surface area contributed by atoms with Gasteiger partial charge in [-0.2, -0.15) is 0 Å². The number of ether oxygens (including phenoxy) is 1. The minimum atomic E-state index is -0.263. The number of rotatable bonds is 6. The summed E-state index contributed by atoms with van der Waals surface area (Å²) in [6, 6.07) is 11.4. The predicted octanol–water partition coefficient (Wildman–Crippen LogP) is 3.80. The predicted molar refractivity (Wildman–Crippen MR) is 107 cm³/mol. The molecule has 0 radical (unpaired) electrons. The highest BCUT2D eigenvalue weighted by Crippen LogP contribution is 2.25. The molecule has 3 rings (SSSR count). The van der Waals surface area contributed by atoms with Gasteiger partial charge < -0.3 is 14.5 Å². The van der Waals surface area contributed by atoms with Gasteiger partial charge in [-0.1, -0.05) is 30.7 Å². The lowest BCUT2D eigenvalue weighted by Gasteiger charge is -2.36. The Morgan fingerprint density at radius 1 is 1.11 bits per heavy atom. The van der Waals surface area contributed by atoms with Crippen LogP contribution in [0.2, 0.25) is 5.02 Å². The standard InChI is InChI=1S/C21H22ClFN2O3/c1-2-19(26)16-13-15(22)7-8-20(16)28-14-21(27)25-11-9-24(10-12-25)18-6-4-3-5-17(18)23/h3-8,13H,2,9-12,14H2,1H3. The van der Waals surface area contributed by atoms with Gasteiger partial charge in [0.05, 0.1) is 11.3 Å². The fourth-order valence-corrected chi connectivity index (χ4v) is 3.34. The van der Waals surface area contributed by atoms with Crippen LogP contribution in [0.5, 0.6) is 5.75 Å². The average Bonchev–Trinajstić information content (AvgIpc) is 2.72. The zero-order valence-corrected chi connectivity index (χ0v) is 16.4. The molecule has 1 saturated heterocycles. The van der Waals surface area contributed by atoms with E-state index in [0.29, 0.717) is 54.6 Å². The Bertz CT molecular complexity index is 866. The van der Waals surface area contributed by atoms with Crippen molar-refractivity contribution >= 4 is 29.0 Å². The minimum Gasteiger partial charge on any atom is -0.483 e. The third kappa shape index (κ3) is 4.62. The Labute approximate surface area is 168 Å². The lowest BCUT2D eigenvalue weighted by Crippen LogP contribution is -2.50. The maximum atomic E-state index is 13.9. The third-order valence-corrected chi connectivity index (χ3v) is 4.97. The number of piperazine rings is 1. The van der Waals surface area contributed by atoms with Crippen molar-refractivity contribution in [2.75, 3.05) is 37.7 Å². The molecule has 1 heterocycles. The zero-order chi connectivity index (χ0) is 20.1. The highest BCUT2D eigenvalue weighted by molar-refractivity contribution is 6.31. The number of ketones is 1. The molecule has 0 unspecified atom stereocenters. The van der Waals surface area contributed by atoms with Gasteiger partial charge in [-0.3, -0.25) is 9.59 Å². The van der Waals surface area contributed by atoms with Gasteiger partial charge in [-0.05, 0) is 30.3 Å². The number of carbonyl (C=O) groups excluding carboxylic acids is 2. The van der Waals surface area contributed by atoms with Crippen LogP contribution in [0.4, 0.5) is 10.1 Å². The van der Waals surface area contributed by atoms with E-state index >= 15 is 0 Å². The van der Waals surface area contributed by atoms with Crippen LogP contribution in [-0.4, -0.2) is 49.4 Å². The molecular formula is C21H22ClFN2O3. The molecule has 1 fully saturated rings. The van der Waals surface area contributed by atoms with Crippen molar-refractivity contribution in [2.24, 2.45) is 0 Å². The molecule has 0 N–H and O–H groups in total. The van der Waals surface area contributed by atoms with Crippen LogP contribution in [0, 0.1) is 5.82 Å². The van der Waals surface area contributed by atoms with Crippen molar-refractivity contribution in [2.45, 2.75) is 13.3 Å². The Kier molecular flexibility index (Phi) is 6.52. The SMILES string of the molecule is CCC(=O)c1cc(Cl)ccc1OCC(=O)N1CCN(c2ccccc2F)CC1. The molecule has 0 saturated carbocycles. The van der Waals surface area contributed by atoms with E-state index < -0.39 is 0 Å². The smallest absolute Gasteiger partial charge is 0.260 e. The van der Waals surface area contributed by atoms with Gasteiger partial charge in [0, 0.05) is 37.6 Å². The summed E-state index contributed by atoms with van der Waals surface area (Å²) in [5, 5.41) is 0.444. The summed E-state index contributed by atoms with van der Waals surface area (Å²) >= 11 is 5.96. The van der Waals surface area contributed by atoms with Crippen LogP contribution in [0.15, 0.2) is 42.5 Å². The molecular weight excluding hydrogens is 383 g/mol. The third-order valence-electron chi connectivity index (χ3n) is 4.74. The molecule has 0 bridgehead atoms. The topological polar surface area (TPSA) is 49.9 Å². The number of carbonyl (C=O) groups is 2. The van der Waals surface area contributed by atoms with Crippen LogP contribution >= 0.6 is 11.6 Å². The van der Waals surface area contributed by atoms with Crippen molar-refractivity contribution in [3.8, 4) is 5.75 Å². The van der Waals surface area contributed by atoms with E-state index in [4.69, 9.17) is 16.3 Å². The number of hydrogen-bond donors (Lipinski definition) is 0. The van der Waals surface area contributed by atoms with Crippen molar-refractivity contribution < 1.29 is 18.7 Å². The molecule has 0 aromatic heterocycles. The number of para-hydroxylation sites is 1. The van der Waals surface area contributed by atoms with Crippen LogP contribution in [-0.2, 0) is 4.79 Å². The lowest BCUT2D eigenvalue weighted by molar-refractivity contribution is -0.133. The summed E-state index contributed by atoms with van der Waals surface area (Å²) in [6.07, 6.45) is 0.322. The number of Topliss-reactive ketones (excluding diaryl/α,β-unsaturated/α-hetero) is 1. The maximum Gasteiger partial charge on any atom is 0.260 e. The Hall–Kier alpha value is -2.60. The van der Waals surface area contributed by atoms with Crippen molar-refractivity contribution in [3.05, 3.63) is 58.9 Å². The van der Waals surface area contributed by atoms with Gasteiger partial charge >= 0.3 is 0 Å². The van der Waals surface area contributed by atoms with Crippen molar-refractivity contribution in [1.29, 1.82) is 0 Å². The minimum absolute atomic E-state index is 0.0940. The second kappa shape index (κ2) is 9.06. The molecule has 0 atom stereocenters. The summed E-state index contributed by atoms with van der Waals surface area (Å²) in [4.78, 5) is 28.2. The van der Waals surface area contributed by atoms with E-state index in [-0.39, 0.29) is 24.1 Å². The normalized spacial score (nSPS) is 14.1. The van der Waals surface area contributed by atoms with Crippen LogP contribution in [0.25, 0.3) is 0 Å². The van der Waals surface area contributed by atoms with Crippen LogP contribution in [0.1, 0.15) is 23.7 Å². The molecule has 0 spiro atoms. The highest BCUT2D eigenvalue weighted by Gasteiger charge is 2.23. The summed E-state index contributed by atoms with van der Waals surface area (Å²) in [5.74, 6) is -0.169. The molecule has 2 aromatic carbocycles. The first-order chi connectivity index (χ1) is 13.5. The van der Waals surface area contributed by atoms with Gasteiger partial charge in [0.1, 0.15) is 11.6 Å². The van der Waals surface area contributed by atoms with Crippen molar-refractivity contribution in [3.63, 3.8) is 0 Å². The number of benzene rings is 2. The Morgan fingerprint density at radius 2 is 1.82 bits per heavy atom. The fourth-order valence-electron chi connectivity index (χ4n) is 3.17. The Morgan fingerprint density at radius 3 is 2.50 bits per heavy atom. The molecule has 0 aliphatic carbocycles. The number of nitrogens with zero attached hydrogens (tertiary/aromatic N) is 2. The van der Waals surface area contributed by atoms with E-state index in [1.165, 1.54) is 6.07 Å². The number of hydrogen-bond acceptors (Lipinski definition) is 4. The first kappa shape index (κ1) is 20.1. The van der Waals surface area contributed by atoms with E-state index in [2.05, 4.69) is 0 Å². The van der Waals surface area contributed by atoms with E-state index in [0.717, 1.165) is 0 Å². The van der Waals surface area contributed by atoms with E-state index in [1.54, 1.807) is 48.2 Å². The van der Waals surface area contributed by atoms with Crippen molar-refractivity contribution in [1.82, 2.24) is 4.90 Å². The molecule has 7 heteroatoms. The quantitative estimate of drug-likeness (QED) is 0.687. The molecule has 1 aliphatic rings. The summed E-state index contributed by atoms with van der Waals surface area (Å²) in [7, 11) is 0. The molecule has 28 heavy (non-hydrogen) atoms. The molecule has 1 aliphatic heterocycles. The van der Waals surface area contributed by atoms with Gasteiger partial charge in [-0.15, -0.1) is 0 Å². The van der Waals surface area contributed by atoms with Gasteiger partial charge in [0.2, 0.25) is 0 Å². The lowest BCUT2D eigenvalue weighted by atomic mass is 10.1. The second-order valence-corrected chi connectivity index (χ2v) is 6.96. The fraction of sp³-hybridized carbons (Fsp3) is 0.333. The van der Waals surface area contributed by atoms with E-state index in [9.17, 15) is 14.0 Å². The summed E-state index contributed by atoms with van der Waals surface area (Å²) in [5.41, 5.74) is 0.932. The summed E-state index contributed by atoms with van der Waals surface area (Å²) < 4.78 is 19.5. The molecule has 1 amide bonds. The molecule has 148 valence electrons. The molecule has 2 aromatic rings. The molecule has 5 nitrogen and oxygen atoms in total. The second-order valence-electron chi connectivity index (χ2n) is 6.53. The van der Waals surface area contributed by atoms with Gasteiger partial charge in [-0.25, -0.2) is 4.39 Å². The van der Waals surface area contributed by atoms with E-state index in [1.807, 2.05) is 4.90 Å². The van der Waals surface area contributed by atoms with Crippen LogP contribution < -0.4 is 9.64 Å².